The second-order valence-electron chi connectivity index (χ2n) is 7.09. The summed E-state index contributed by atoms with van der Waals surface area (Å²) in [6.07, 6.45) is 1.20. The maximum atomic E-state index is 12.6. The monoisotopic (exact) mass is 446 g/mol. The Kier molecular flexibility index (Phi) is 7.80. The van der Waals surface area contributed by atoms with Gasteiger partial charge in [-0.05, 0) is 37.1 Å². The number of anilines is 1. The SMILES string of the molecule is CCN(CC)S(=O)(=O)c1ccc(NC(=O)C2CCCN(S(=O)(=O)N(C)C)C2)cc1. The van der Waals surface area contributed by atoms with Crippen molar-refractivity contribution in [2.75, 3.05) is 45.6 Å². The molecule has 1 amide bonds. The highest BCUT2D eigenvalue weighted by atomic mass is 32.2. The minimum absolute atomic E-state index is 0.126. The number of amides is 1. The summed E-state index contributed by atoms with van der Waals surface area (Å²) >= 11 is 0. The average molecular weight is 447 g/mol. The first-order valence-corrected chi connectivity index (χ1v) is 12.5. The van der Waals surface area contributed by atoms with Gasteiger partial charge in [0, 0.05) is 46.0 Å². The zero-order valence-electron chi connectivity index (χ0n) is 17.3. The summed E-state index contributed by atoms with van der Waals surface area (Å²) in [7, 11) is -4.19. The first-order chi connectivity index (χ1) is 13.5. The minimum Gasteiger partial charge on any atom is -0.326 e. The summed E-state index contributed by atoms with van der Waals surface area (Å²) in [6.45, 7) is 4.83. The van der Waals surface area contributed by atoms with E-state index in [4.69, 9.17) is 0 Å². The molecular formula is C18H30N4O5S2. The van der Waals surface area contributed by atoms with E-state index in [1.54, 1.807) is 26.0 Å². The van der Waals surface area contributed by atoms with E-state index in [0.29, 0.717) is 38.2 Å². The van der Waals surface area contributed by atoms with E-state index in [0.717, 1.165) is 4.31 Å². The van der Waals surface area contributed by atoms with Crippen LogP contribution in [0.25, 0.3) is 0 Å². The minimum atomic E-state index is -3.56. The normalized spacial score (nSPS) is 18.9. The molecule has 1 fully saturated rings. The van der Waals surface area contributed by atoms with Gasteiger partial charge in [0.2, 0.25) is 15.9 Å². The number of hydrogen-bond acceptors (Lipinski definition) is 5. The summed E-state index contributed by atoms with van der Waals surface area (Å²) < 4.78 is 53.5. The van der Waals surface area contributed by atoms with Crippen LogP contribution in [0.15, 0.2) is 29.2 Å². The van der Waals surface area contributed by atoms with Crippen LogP contribution in [-0.2, 0) is 25.0 Å². The molecule has 9 nitrogen and oxygen atoms in total. The van der Waals surface area contributed by atoms with Gasteiger partial charge in [-0.15, -0.1) is 0 Å². The molecule has 1 aliphatic heterocycles. The second-order valence-corrected chi connectivity index (χ2v) is 11.2. The number of piperidine rings is 1. The van der Waals surface area contributed by atoms with Gasteiger partial charge in [-0.25, -0.2) is 8.42 Å². The molecule has 164 valence electrons. The van der Waals surface area contributed by atoms with Gasteiger partial charge in [0.15, 0.2) is 0 Å². The van der Waals surface area contributed by atoms with E-state index >= 15 is 0 Å². The van der Waals surface area contributed by atoms with E-state index in [9.17, 15) is 21.6 Å². The third-order valence-electron chi connectivity index (χ3n) is 5.01. The van der Waals surface area contributed by atoms with Crippen LogP contribution in [0, 0.1) is 5.92 Å². The van der Waals surface area contributed by atoms with E-state index in [1.807, 2.05) is 0 Å². The van der Waals surface area contributed by atoms with E-state index in [1.165, 1.54) is 34.8 Å². The number of benzene rings is 1. The zero-order valence-corrected chi connectivity index (χ0v) is 19.0. The number of carbonyl (C=O) groups excluding carboxylic acids is 1. The molecule has 29 heavy (non-hydrogen) atoms. The third-order valence-corrected chi connectivity index (χ3v) is 8.98. The first-order valence-electron chi connectivity index (χ1n) is 9.62. The molecule has 1 heterocycles. The molecule has 1 N–H and O–H groups in total. The number of sulfonamides is 1. The predicted molar refractivity (Wildman–Crippen MR) is 112 cm³/mol. The molecule has 0 saturated carbocycles. The number of nitrogens with one attached hydrogen (secondary N) is 1. The fraction of sp³-hybridized carbons (Fsp3) is 0.611. The fourth-order valence-corrected chi connectivity index (χ4v) is 5.91. The Morgan fingerprint density at radius 3 is 2.21 bits per heavy atom. The average Bonchev–Trinajstić information content (AvgIpc) is 2.69. The smallest absolute Gasteiger partial charge is 0.281 e. The van der Waals surface area contributed by atoms with Crippen LogP contribution in [0.2, 0.25) is 0 Å². The number of hydrogen-bond donors (Lipinski definition) is 1. The molecule has 1 aromatic carbocycles. The maximum Gasteiger partial charge on any atom is 0.281 e. The van der Waals surface area contributed by atoms with Crippen LogP contribution < -0.4 is 5.32 Å². The van der Waals surface area contributed by atoms with Crippen molar-refractivity contribution in [2.24, 2.45) is 5.92 Å². The van der Waals surface area contributed by atoms with Gasteiger partial charge in [-0.1, -0.05) is 13.8 Å². The van der Waals surface area contributed by atoms with Gasteiger partial charge in [0.05, 0.1) is 10.8 Å². The Bertz CT molecular complexity index is 910. The standard InChI is InChI=1S/C18H30N4O5S2/c1-5-21(6-2)28(24,25)17-11-9-16(10-12-17)19-18(23)15-8-7-13-22(14-15)29(26,27)20(3)4/h9-12,15H,5-8,13-14H2,1-4H3,(H,19,23). The van der Waals surface area contributed by atoms with E-state index in [-0.39, 0.29) is 17.3 Å². The third kappa shape index (κ3) is 5.34. The molecular weight excluding hydrogens is 416 g/mol. The van der Waals surface area contributed by atoms with Gasteiger partial charge < -0.3 is 5.32 Å². The van der Waals surface area contributed by atoms with Crippen molar-refractivity contribution in [1.29, 1.82) is 0 Å². The molecule has 0 bridgehead atoms. The molecule has 0 aromatic heterocycles. The molecule has 11 heteroatoms. The van der Waals surface area contributed by atoms with Gasteiger partial charge in [0.25, 0.3) is 10.2 Å². The van der Waals surface area contributed by atoms with Crippen LogP contribution in [0.4, 0.5) is 5.69 Å². The fourth-order valence-electron chi connectivity index (χ4n) is 3.26. The maximum absolute atomic E-state index is 12.6. The van der Waals surface area contributed by atoms with Crippen molar-refractivity contribution >= 4 is 31.8 Å². The van der Waals surface area contributed by atoms with Crippen molar-refractivity contribution in [3.05, 3.63) is 24.3 Å². The molecule has 1 aliphatic rings. The first kappa shape index (κ1) is 23.7. The molecule has 1 aromatic rings. The van der Waals surface area contributed by atoms with Crippen LogP contribution in [0.1, 0.15) is 26.7 Å². The van der Waals surface area contributed by atoms with Crippen LogP contribution in [0.5, 0.6) is 0 Å². The van der Waals surface area contributed by atoms with Gasteiger partial charge in [-0.3, -0.25) is 4.79 Å². The van der Waals surface area contributed by atoms with Crippen molar-refractivity contribution in [3.63, 3.8) is 0 Å². The summed E-state index contributed by atoms with van der Waals surface area (Å²) in [4.78, 5) is 12.8. The van der Waals surface area contributed by atoms with Crippen LogP contribution in [-0.4, -0.2) is 75.9 Å². The largest absolute Gasteiger partial charge is 0.326 e. The van der Waals surface area contributed by atoms with Crippen molar-refractivity contribution in [2.45, 2.75) is 31.6 Å². The lowest BCUT2D eigenvalue weighted by Crippen LogP contribution is -2.47. The Morgan fingerprint density at radius 2 is 1.69 bits per heavy atom. The van der Waals surface area contributed by atoms with Crippen molar-refractivity contribution in [3.8, 4) is 0 Å². The van der Waals surface area contributed by atoms with Crippen molar-refractivity contribution < 1.29 is 21.6 Å². The summed E-state index contributed by atoms with van der Waals surface area (Å²) in [5, 5.41) is 2.77. The van der Waals surface area contributed by atoms with E-state index < -0.39 is 26.2 Å². The molecule has 0 spiro atoms. The molecule has 0 radical (unpaired) electrons. The zero-order chi connectivity index (χ0) is 21.8. The highest BCUT2D eigenvalue weighted by molar-refractivity contribution is 7.89. The highest BCUT2D eigenvalue weighted by Gasteiger charge is 2.33. The lowest BCUT2D eigenvalue weighted by Gasteiger charge is -2.32. The van der Waals surface area contributed by atoms with Gasteiger partial charge in [0.1, 0.15) is 0 Å². The number of rotatable bonds is 8. The van der Waals surface area contributed by atoms with E-state index in [2.05, 4.69) is 5.32 Å². The van der Waals surface area contributed by atoms with Gasteiger partial charge >= 0.3 is 0 Å². The van der Waals surface area contributed by atoms with Gasteiger partial charge in [-0.2, -0.15) is 21.3 Å². The van der Waals surface area contributed by atoms with Crippen molar-refractivity contribution in [1.82, 2.24) is 12.9 Å². The molecule has 1 saturated heterocycles. The molecule has 1 unspecified atom stereocenters. The van der Waals surface area contributed by atoms with Crippen LogP contribution >= 0.6 is 0 Å². The summed E-state index contributed by atoms with van der Waals surface area (Å²) in [5.74, 6) is -0.736. The second kappa shape index (κ2) is 9.52. The Labute approximate surface area is 173 Å². The lowest BCUT2D eigenvalue weighted by atomic mass is 9.99. The Morgan fingerprint density at radius 1 is 1.10 bits per heavy atom. The quantitative estimate of drug-likeness (QED) is 0.645. The number of nitrogens with zero attached hydrogens (tertiary/aromatic N) is 3. The Balaban J connectivity index is 2.08. The Hall–Kier alpha value is -1.53. The highest BCUT2D eigenvalue weighted by Crippen LogP contribution is 2.23. The summed E-state index contributed by atoms with van der Waals surface area (Å²) in [5.41, 5.74) is 0.473. The number of carbonyl (C=O) groups is 1. The summed E-state index contributed by atoms with van der Waals surface area (Å²) in [6, 6.07) is 6.02. The molecule has 0 aliphatic carbocycles. The molecule has 2 rings (SSSR count). The van der Waals surface area contributed by atoms with Crippen LogP contribution in [0.3, 0.4) is 0 Å². The molecule has 1 atom stereocenters. The topological polar surface area (TPSA) is 107 Å². The lowest BCUT2D eigenvalue weighted by molar-refractivity contribution is -0.120. The predicted octanol–water partition coefficient (Wildman–Crippen LogP) is 1.17.